The summed E-state index contributed by atoms with van der Waals surface area (Å²) in [7, 11) is 0. The van der Waals surface area contributed by atoms with Gasteiger partial charge in [0.15, 0.2) is 0 Å². The molecule has 17 rings (SSSR count). The third-order valence-corrected chi connectivity index (χ3v) is 24.7. The van der Waals surface area contributed by atoms with Gasteiger partial charge in [0.05, 0.1) is 4.92 Å². The van der Waals surface area contributed by atoms with E-state index >= 15 is 0 Å². The molecular weight excluding hydrogens is 1640 g/mol. The Bertz CT molecular complexity index is 6380. The minimum absolute atomic E-state index is 0.0188. The van der Waals surface area contributed by atoms with Crippen molar-refractivity contribution >= 4 is 44.0 Å². The number of hydrogen-bond donors (Lipinski definition) is 0. The Balaban J connectivity index is 0.000000143. The monoisotopic (exact) mass is 1760 g/mol. The van der Waals surface area contributed by atoms with Crippen LogP contribution in [0.2, 0.25) is 0 Å². The van der Waals surface area contributed by atoms with Crippen LogP contribution in [0.15, 0.2) is 388 Å². The zero-order chi connectivity index (χ0) is 93.0. The predicted octanol–water partition coefficient (Wildman–Crippen LogP) is 32.9. The van der Waals surface area contributed by atoms with E-state index in [2.05, 4.69) is 269 Å². The lowest BCUT2D eigenvalue weighted by Gasteiger charge is -2.21. The number of fused-ring (bicyclic) bond motifs is 3. The molecule has 672 valence electrons. The number of carbonyl (C=O) groups is 1. The van der Waals surface area contributed by atoms with E-state index in [1.165, 1.54) is 67.1 Å². The minimum Gasteiger partial charge on any atom is -0.490 e. The third-order valence-electron chi connectivity index (χ3n) is 24.7. The molecule has 11 nitrogen and oxygen atoms in total. The average Bonchev–Trinajstić information content (AvgIpc) is 0.773. The lowest BCUT2D eigenvalue weighted by atomic mass is 9.94. The van der Waals surface area contributed by atoms with Crippen molar-refractivity contribution in [2.24, 2.45) is 0 Å². The molecule has 11 heteroatoms. The molecule has 0 aliphatic rings. The normalized spacial score (nSPS) is 12.3. The number of benzene rings is 17. The largest absolute Gasteiger partial charge is 0.490 e. The third kappa shape index (κ3) is 25.0. The molecule has 0 bridgehead atoms. The molecule has 0 aliphatic carbocycles. The Morgan fingerprint density at radius 3 is 0.992 bits per heavy atom. The van der Waals surface area contributed by atoms with Crippen LogP contribution in [0.4, 0.5) is 5.69 Å². The van der Waals surface area contributed by atoms with Gasteiger partial charge in [-0.15, -0.1) is 0 Å². The molecule has 17 aromatic carbocycles. The molecule has 0 aliphatic heterocycles. The van der Waals surface area contributed by atoms with Gasteiger partial charge >= 0.3 is 5.97 Å². The van der Waals surface area contributed by atoms with Crippen molar-refractivity contribution < 1.29 is 42.9 Å². The van der Waals surface area contributed by atoms with E-state index in [0.29, 0.717) is 72.7 Å². The van der Waals surface area contributed by atoms with Crippen molar-refractivity contribution in [3.05, 3.63) is 432 Å². The highest BCUT2D eigenvalue weighted by Crippen LogP contribution is 2.46. The summed E-state index contributed by atoms with van der Waals surface area (Å²) in [6, 6.07) is 131. The van der Waals surface area contributed by atoms with Crippen LogP contribution >= 0.6 is 0 Å². The number of non-ortho nitro benzene ring substituents is 1. The minimum atomic E-state index is -0.363. The van der Waals surface area contributed by atoms with Gasteiger partial charge in [-0.2, -0.15) is 0 Å². The number of nitro groups is 1. The summed E-state index contributed by atoms with van der Waals surface area (Å²) in [6.07, 6.45) is 4.08. The highest BCUT2D eigenvalue weighted by Gasteiger charge is 2.25. The van der Waals surface area contributed by atoms with Crippen molar-refractivity contribution in [1.29, 1.82) is 0 Å². The van der Waals surface area contributed by atoms with Crippen LogP contribution < -0.4 is 33.2 Å². The second kappa shape index (κ2) is 46.6. The summed E-state index contributed by atoms with van der Waals surface area (Å²) in [5, 5.41) is 19.3. The van der Waals surface area contributed by atoms with E-state index in [4.69, 9.17) is 33.2 Å². The van der Waals surface area contributed by atoms with Gasteiger partial charge in [0.25, 0.3) is 5.69 Å². The molecular formula is C122H119NO10. The predicted molar refractivity (Wildman–Crippen MR) is 549 cm³/mol. The maximum Gasteiger partial charge on any atom is 0.308 e. The molecule has 0 saturated heterocycles. The lowest BCUT2D eigenvalue weighted by Crippen LogP contribution is -2.22. The van der Waals surface area contributed by atoms with Gasteiger partial charge in [0.2, 0.25) is 0 Å². The molecule has 0 N–H and O–H groups in total. The van der Waals surface area contributed by atoms with Crippen LogP contribution in [0, 0.1) is 10.1 Å². The number of ether oxygens (including phenoxy) is 7. The number of para-hydroxylation sites is 1. The van der Waals surface area contributed by atoms with E-state index in [0.717, 1.165) is 116 Å². The summed E-state index contributed by atoms with van der Waals surface area (Å²) < 4.78 is 43.4. The summed E-state index contributed by atoms with van der Waals surface area (Å²) in [6.45, 7) is 25.0. The molecule has 0 fully saturated rings. The average molecular weight is 1760 g/mol. The fourth-order valence-electron chi connectivity index (χ4n) is 16.3. The van der Waals surface area contributed by atoms with Crippen molar-refractivity contribution in [2.45, 2.75) is 151 Å². The smallest absolute Gasteiger partial charge is 0.308 e. The number of carbonyl (C=O) groups excluding carboxylic acids is 1. The Hall–Kier alpha value is -14.8. The standard InChI is InChI=1S/C31H31NO4.C31H30O3.C31H32O2.C29H26O/c1-4-22(2)24-15-17-28(18-16-24)35-21-23(3)36-31-29(25-11-7-5-8-12-25)19-27(32(33)34)20-30(31)26-13-9-6-10-14-26;1-4-22(2)25-15-17-28(18-16-25)33-21-24-19-29(26-11-7-5-8-12-26)31(34-23(3)32)30(20-24)27-13-9-6-10-14-27;1-4-23(2)25-18-20-28(21-19-25)32-22-24(3)33-31-29(26-12-7-5-8-13-26)16-11-17-30(31)27-14-9-6-10-15-27;1-3-20(2)21-12-13-23-18-26(15-14-22(23)16-21)30-19-29-27-10-6-4-8-24(27)17-25-9-5-7-11-28(25)29/h5-20,22-23H,4,21H2,1-3H3;5-20,22H,4,21H2,1-3H3;5-21,23-24H,4,22H2,1-3H3;4-18,20H,3,19H2,1-2H3. The summed E-state index contributed by atoms with van der Waals surface area (Å²) in [4.78, 5) is 23.5. The van der Waals surface area contributed by atoms with Crippen molar-refractivity contribution in [3.8, 4) is 107 Å². The Labute approximate surface area is 784 Å². The number of nitro benzene ring substituents is 1. The summed E-state index contributed by atoms with van der Waals surface area (Å²) >= 11 is 0. The number of rotatable bonds is 32. The fraction of sp³-hybridized carbons (Fsp3) is 0.205. The van der Waals surface area contributed by atoms with Crippen LogP contribution in [-0.2, 0) is 18.0 Å². The lowest BCUT2D eigenvalue weighted by molar-refractivity contribution is -0.384. The highest BCUT2D eigenvalue weighted by atomic mass is 16.6. The van der Waals surface area contributed by atoms with Gasteiger partial charge < -0.3 is 33.2 Å². The van der Waals surface area contributed by atoms with Gasteiger partial charge in [0, 0.05) is 58.0 Å². The first-order chi connectivity index (χ1) is 64.9. The molecule has 0 heterocycles. The van der Waals surface area contributed by atoms with Crippen LogP contribution in [0.5, 0.6) is 40.2 Å². The molecule has 17 aromatic rings. The van der Waals surface area contributed by atoms with E-state index in [9.17, 15) is 14.9 Å². The van der Waals surface area contributed by atoms with Crippen LogP contribution in [0.25, 0.3) is 99.1 Å². The van der Waals surface area contributed by atoms with E-state index in [1.807, 2.05) is 177 Å². The molecule has 0 saturated carbocycles. The maximum atomic E-state index is 12.0. The van der Waals surface area contributed by atoms with Crippen molar-refractivity contribution in [1.82, 2.24) is 0 Å². The summed E-state index contributed by atoms with van der Waals surface area (Å²) in [5.41, 5.74) is 18.8. The quantitative estimate of drug-likeness (QED) is 0.0132. The number of esters is 1. The summed E-state index contributed by atoms with van der Waals surface area (Å²) in [5.74, 6) is 7.29. The zero-order valence-electron chi connectivity index (χ0n) is 78.1. The van der Waals surface area contributed by atoms with Crippen molar-refractivity contribution in [2.75, 3.05) is 13.2 Å². The van der Waals surface area contributed by atoms with Gasteiger partial charge in [-0.05, 0) is 223 Å². The molecule has 0 spiro atoms. The topological polar surface area (TPSA) is 125 Å². The van der Waals surface area contributed by atoms with Gasteiger partial charge in [-0.1, -0.05) is 365 Å². The second-order valence-electron chi connectivity index (χ2n) is 34.2. The molecule has 0 radical (unpaired) electrons. The zero-order valence-corrected chi connectivity index (χ0v) is 78.1. The van der Waals surface area contributed by atoms with Gasteiger partial charge in [0.1, 0.15) is 78.9 Å². The van der Waals surface area contributed by atoms with E-state index < -0.39 is 0 Å². The first kappa shape index (κ1) is 94.3. The van der Waals surface area contributed by atoms with Crippen LogP contribution in [0.1, 0.15) is 159 Å². The number of nitrogens with zero attached hydrogens (tertiary/aromatic N) is 1. The van der Waals surface area contributed by atoms with Crippen LogP contribution in [-0.4, -0.2) is 36.3 Å². The first-order valence-electron chi connectivity index (χ1n) is 46.6. The second-order valence-corrected chi connectivity index (χ2v) is 34.2. The highest BCUT2D eigenvalue weighted by molar-refractivity contribution is 6.02. The fourth-order valence-corrected chi connectivity index (χ4v) is 16.3. The van der Waals surface area contributed by atoms with E-state index in [1.54, 1.807) is 12.1 Å². The maximum absolute atomic E-state index is 12.0. The first-order valence-corrected chi connectivity index (χ1v) is 46.6. The molecule has 6 unspecified atom stereocenters. The van der Waals surface area contributed by atoms with Crippen LogP contribution in [0.3, 0.4) is 0 Å². The Morgan fingerprint density at radius 2 is 0.609 bits per heavy atom. The SMILES string of the molecule is CCC(C)c1ccc(OCC(C)Oc2c(-c3ccccc3)cc([N+](=O)[O-])cc2-c2ccccc2)cc1.CCC(C)c1ccc(OCC(C)Oc2c(-c3ccccc3)cccc2-c2ccccc2)cc1.CCC(C)c1ccc(OCc2cc(-c3ccccc3)c(OC(C)=O)c(-c3ccccc3)c2)cc1.CCC(C)c1ccc2cc(OCc3c4ccccc4cc4ccccc34)ccc2c1. The van der Waals surface area contributed by atoms with Gasteiger partial charge in [-0.3, -0.25) is 14.9 Å². The molecule has 0 aromatic heterocycles. The van der Waals surface area contributed by atoms with E-state index in [-0.39, 0.29) is 28.8 Å². The van der Waals surface area contributed by atoms with Crippen molar-refractivity contribution in [3.63, 3.8) is 0 Å². The molecule has 133 heavy (non-hydrogen) atoms. The Morgan fingerprint density at radius 1 is 0.293 bits per heavy atom. The molecule has 0 amide bonds. The molecule has 6 atom stereocenters. The Kier molecular flexibility index (Phi) is 33.1. The van der Waals surface area contributed by atoms with Gasteiger partial charge in [-0.25, -0.2) is 0 Å². The number of hydrogen-bond acceptors (Lipinski definition) is 10.